The second-order valence-electron chi connectivity index (χ2n) is 15.3. The van der Waals surface area contributed by atoms with Gasteiger partial charge in [0.25, 0.3) is 0 Å². The number of benzene rings is 4. The van der Waals surface area contributed by atoms with Gasteiger partial charge in [0.15, 0.2) is 0 Å². The van der Waals surface area contributed by atoms with Gasteiger partial charge in [-0.05, 0) is 68.5 Å². The van der Waals surface area contributed by atoms with Crippen molar-refractivity contribution in [1.82, 2.24) is 5.32 Å². The van der Waals surface area contributed by atoms with Gasteiger partial charge in [0, 0.05) is 0 Å². The second kappa shape index (κ2) is 23.3. The summed E-state index contributed by atoms with van der Waals surface area (Å²) in [7, 11) is 0. The lowest BCUT2D eigenvalue weighted by atomic mass is 9.80. The van der Waals surface area contributed by atoms with Crippen LogP contribution in [0.5, 0.6) is 0 Å². The first kappa shape index (κ1) is 43.1. The SMILES string of the molecule is CCCCCCCCCCCCC/C=C/C(OC(=O)c1ccccc1)C(COC(c1ccccc1)(c1ccccc1)c1ccccc1)NC(=O)OC(C)(C)C. The predicted octanol–water partition coefficient (Wildman–Crippen LogP) is 12.4. The molecule has 1 amide bonds. The van der Waals surface area contributed by atoms with Crippen LogP contribution in [0.2, 0.25) is 0 Å². The molecular weight excluding hydrogens is 683 g/mol. The molecule has 0 bridgehead atoms. The van der Waals surface area contributed by atoms with Gasteiger partial charge in [0.2, 0.25) is 0 Å². The monoisotopic (exact) mass is 745 g/mol. The number of carbonyl (C=O) groups excluding carboxylic acids is 2. The van der Waals surface area contributed by atoms with Crippen LogP contribution in [0, 0.1) is 0 Å². The Hall–Kier alpha value is -4.68. The molecule has 0 saturated heterocycles. The van der Waals surface area contributed by atoms with E-state index in [1.54, 1.807) is 24.3 Å². The van der Waals surface area contributed by atoms with Crippen molar-refractivity contribution in [3.63, 3.8) is 0 Å². The highest BCUT2D eigenvalue weighted by Gasteiger charge is 2.40. The number of unbranched alkanes of at least 4 members (excludes halogenated alkanes) is 11. The van der Waals surface area contributed by atoms with E-state index in [1.807, 2.05) is 87.5 Å². The van der Waals surface area contributed by atoms with Gasteiger partial charge in [-0.3, -0.25) is 0 Å². The van der Waals surface area contributed by atoms with Gasteiger partial charge < -0.3 is 19.5 Å². The second-order valence-corrected chi connectivity index (χ2v) is 15.3. The van der Waals surface area contributed by atoms with Gasteiger partial charge >= 0.3 is 12.1 Å². The third-order valence-corrected chi connectivity index (χ3v) is 9.67. The molecule has 2 atom stereocenters. The molecule has 0 heterocycles. The Kier molecular flexibility index (Phi) is 18.2. The summed E-state index contributed by atoms with van der Waals surface area (Å²) in [4.78, 5) is 27.1. The van der Waals surface area contributed by atoms with Crippen LogP contribution < -0.4 is 5.32 Å². The zero-order valence-corrected chi connectivity index (χ0v) is 33.6. The predicted molar refractivity (Wildman–Crippen MR) is 224 cm³/mol. The van der Waals surface area contributed by atoms with Gasteiger partial charge in [0.05, 0.1) is 18.2 Å². The zero-order chi connectivity index (χ0) is 39.2. The molecule has 294 valence electrons. The highest BCUT2D eigenvalue weighted by molar-refractivity contribution is 5.89. The Morgan fingerprint density at radius 3 is 1.51 bits per heavy atom. The van der Waals surface area contributed by atoms with Gasteiger partial charge in [-0.1, -0.05) is 186 Å². The maximum absolute atomic E-state index is 13.6. The zero-order valence-electron chi connectivity index (χ0n) is 33.6. The number of alkyl carbamates (subject to hydrolysis) is 1. The van der Waals surface area contributed by atoms with E-state index in [0.29, 0.717) is 5.56 Å². The van der Waals surface area contributed by atoms with Crippen LogP contribution in [0.1, 0.15) is 132 Å². The summed E-state index contributed by atoms with van der Waals surface area (Å²) in [5, 5.41) is 3.04. The lowest BCUT2D eigenvalue weighted by Crippen LogP contribution is -2.50. The maximum atomic E-state index is 13.6. The van der Waals surface area contributed by atoms with E-state index in [-0.39, 0.29) is 6.61 Å². The minimum absolute atomic E-state index is 0.00650. The quantitative estimate of drug-likeness (QED) is 0.0354. The molecule has 6 nitrogen and oxygen atoms in total. The Morgan fingerprint density at radius 1 is 0.618 bits per heavy atom. The number of rotatable bonds is 23. The fourth-order valence-corrected chi connectivity index (χ4v) is 6.84. The number of carbonyl (C=O) groups is 2. The van der Waals surface area contributed by atoms with Crippen LogP contribution in [0.15, 0.2) is 133 Å². The minimum Gasteiger partial charge on any atom is -0.452 e. The first-order valence-electron chi connectivity index (χ1n) is 20.5. The third-order valence-electron chi connectivity index (χ3n) is 9.67. The Morgan fingerprint density at radius 2 is 1.05 bits per heavy atom. The van der Waals surface area contributed by atoms with E-state index in [2.05, 4.69) is 54.7 Å². The van der Waals surface area contributed by atoms with Gasteiger partial charge in [-0.15, -0.1) is 0 Å². The summed E-state index contributed by atoms with van der Waals surface area (Å²) in [6.07, 6.45) is 17.3. The number of allylic oxidation sites excluding steroid dienone is 1. The molecule has 55 heavy (non-hydrogen) atoms. The summed E-state index contributed by atoms with van der Waals surface area (Å²) < 4.78 is 19.2. The average molecular weight is 746 g/mol. The molecule has 0 spiro atoms. The molecular formula is C49H63NO5. The third kappa shape index (κ3) is 14.5. The summed E-state index contributed by atoms with van der Waals surface area (Å²) in [6, 6.07) is 38.4. The van der Waals surface area contributed by atoms with Crippen molar-refractivity contribution in [2.75, 3.05) is 6.61 Å². The van der Waals surface area contributed by atoms with E-state index >= 15 is 0 Å². The molecule has 2 unspecified atom stereocenters. The average Bonchev–Trinajstić information content (AvgIpc) is 3.20. The molecule has 0 radical (unpaired) electrons. The molecule has 0 aliphatic carbocycles. The van der Waals surface area contributed by atoms with E-state index < -0.39 is 35.4 Å². The van der Waals surface area contributed by atoms with Crippen LogP contribution in [0.25, 0.3) is 0 Å². The topological polar surface area (TPSA) is 73.9 Å². The molecule has 1 N–H and O–H groups in total. The first-order chi connectivity index (χ1) is 26.7. The Bertz CT molecular complexity index is 1570. The Balaban J connectivity index is 1.60. The van der Waals surface area contributed by atoms with E-state index in [1.165, 1.54) is 57.8 Å². The molecule has 0 aliphatic heterocycles. The van der Waals surface area contributed by atoms with Crippen molar-refractivity contribution >= 4 is 12.1 Å². The number of esters is 1. The first-order valence-corrected chi connectivity index (χ1v) is 20.5. The van der Waals surface area contributed by atoms with Gasteiger partial charge in [0.1, 0.15) is 17.3 Å². The number of nitrogens with one attached hydrogen (secondary N) is 1. The summed E-state index contributed by atoms with van der Waals surface area (Å²) in [5.74, 6) is -0.485. The highest BCUT2D eigenvalue weighted by Crippen LogP contribution is 2.40. The highest BCUT2D eigenvalue weighted by atomic mass is 16.6. The molecule has 4 aromatic carbocycles. The van der Waals surface area contributed by atoms with Crippen LogP contribution in [0.4, 0.5) is 4.79 Å². The lowest BCUT2D eigenvalue weighted by Gasteiger charge is -2.38. The summed E-state index contributed by atoms with van der Waals surface area (Å²) in [5.41, 5.74) is 1.41. The van der Waals surface area contributed by atoms with Crippen molar-refractivity contribution in [2.45, 2.75) is 128 Å². The molecule has 6 heteroatoms. The van der Waals surface area contributed by atoms with Crippen LogP contribution in [0.3, 0.4) is 0 Å². The van der Waals surface area contributed by atoms with Gasteiger partial charge in [-0.2, -0.15) is 0 Å². The normalized spacial score (nSPS) is 12.9. The largest absolute Gasteiger partial charge is 0.452 e. The molecule has 0 aromatic heterocycles. The standard InChI is InChI=1S/C49H63NO5/c1-5-6-7-8-9-10-11-12-13-14-15-16-29-38-45(54-46(51)40-30-21-17-22-31-40)44(50-47(52)55-48(2,3)4)39-53-49(41-32-23-18-24-33-41,42-34-25-19-26-35-42)43-36-27-20-28-37-43/h17-38,44-45H,5-16,39H2,1-4H3,(H,50,52)/b38-29+. The number of hydrogen-bond acceptors (Lipinski definition) is 5. The molecule has 4 rings (SSSR count). The van der Waals surface area contributed by atoms with Crippen molar-refractivity contribution in [3.8, 4) is 0 Å². The van der Waals surface area contributed by atoms with Crippen LogP contribution in [-0.4, -0.2) is 36.4 Å². The molecule has 0 saturated carbocycles. The number of ether oxygens (including phenoxy) is 3. The fourth-order valence-electron chi connectivity index (χ4n) is 6.84. The maximum Gasteiger partial charge on any atom is 0.408 e. The molecule has 0 aliphatic rings. The van der Waals surface area contributed by atoms with E-state index in [0.717, 1.165) is 36.0 Å². The van der Waals surface area contributed by atoms with Crippen molar-refractivity contribution in [2.24, 2.45) is 0 Å². The van der Waals surface area contributed by atoms with E-state index in [9.17, 15) is 9.59 Å². The smallest absolute Gasteiger partial charge is 0.408 e. The van der Waals surface area contributed by atoms with E-state index in [4.69, 9.17) is 14.2 Å². The molecule has 0 fully saturated rings. The summed E-state index contributed by atoms with van der Waals surface area (Å²) >= 11 is 0. The lowest BCUT2D eigenvalue weighted by molar-refractivity contribution is -0.0275. The number of amides is 1. The molecule has 4 aromatic rings. The Labute approximate surface area is 330 Å². The summed E-state index contributed by atoms with van der Waals surface area (Å²) in [6.45, 7) is 7.72. The fraction of sp³-hybridized carbons (Fsp3) is 0.429. The van der Waals surface area contributed by atoms with Crippen molar-refractivity contribution in [1.29, 1.82) is 0 Å². The van der Waals surface area contributed by atoms with Gasteiger partial charge in [-0.25, -0.2) is 9.59 Å². The minimum atomic E-state index is -1.05. The number of hydrogen-bond donors (Lipinski definition) is 1. The van der Waals surface area contributed by atoms with Crippen LogP contribution in [-0.2, 0) is 19.8 Å². The van der Waals surface area contributed by atoms with Crippen molar-refractivity contribution < 1.29 is 23.8 Å². The van der Waals surface area contributed by atoms with Crippen LogP contribution >= 0.6 is 0 Å². The van der Waals surface area contributed by atoms with Crippen molar-refractivity contribution in [3.05, 3.63) is 156 Å².